The summed E-state index contributed by atoms with van der Waals surface area (Å²) in [5, 5.41) is 4.41. The van der Waals surface area contributed by atoms with Gasteiger partial charge in [0.15, 0.2) is 15.6 Å². The minimum absolute atomic E-state index is 0.00269. The summed E-state index contributed by atoms with van der Waals surface area (Å²) in [5.41, 5.74) is 0.906. The van der Waals surface area contributed by atoms with Gasteiger partial charge in [-0.15, -0.1) is 22.7 Å². The Bertz CT molecular complexity index is 817. The Hall–Kier alpha value is -0.730. The predicted octanol–water partition coefficient (Wildman–Crippen LogP) is 3.98. The Morgan fingerprint density at radius 3 is 2.70 bits per heavy atom. The summed E-state index contributed by atoms with van der Waals surface area (Å²) in [7, 11) is -3.26. The van der Waals surface area contributed by atoms with Gasteiger partial charge in [0.05, 0.1) is 9.72 Å². The SMILES string of the molecule is O=S(=O)(Cc1[nH+]c(-c2ccc(Cl)s2)cs1)c1cccs1. The molecule has 104 valence electrons. The monoisotopic (exact) mass is 362 g/mol. The Morgan fingerprint density at radius 2 is 2.05 bits per heavy atom. The third-order valence-electron chi connectivity index (χ3n) is 2.55. The number of aromatic amines is 1. The molecule has 0 aliphatic rings. The maximum Gasteiger partial charge on any atom is 0.251 e. The van der Waals surface area contributed by atoms with Crippen LogP contribution in [0.25, 0.3) is 10.6 Å². The van der Waals surface area contributed by atoms with Gasteiger partial charge < -0.3 is 0 Å². The van der Waals surface area contributed by atoms with Crippen molar-refractivity contribution in [2.75, 3.05) is 0 Å². The first-order valence-corrected chi connectivity index (χ1v) is 10.2. The largest absolute Gasteiger partial charge is 0.251 e. The summed E-state index contributed by atoms with van der Waals surface area (Å²) >= 11 is 10.0. The number of aromatic nitrogens is 1. The van der Waals surface area contributed by atoms with Crippen molar-refractivity contribution < 1.29 is 13.4 Å². The molecule has 0 aliphatic carbocycles. The van der Waals surface area contributed by atoms with Gasteiger partial charge in [-0.25, -0.2) is 8.42 Å². The Kier molecular flexibility index (Phi) is 3.96. The zero-order valence-electron chi connectivity index (χ0n) is 10.00. The fraction of sp³-hybridized carbons (Fsp3) is 0.0833. The van der Waals surface area contributed by atoms with Gasteiger partial charge in [-0.2, -0.15) is 4.98 Å². The number of thiazole rings is 1. The van der Waals surface area contributed by atoms with E-state index in [9.17, 15) is 8.42 Å². The van der Waals surface area contributed by atoms with Gasteiger partial charge in [-0.05, 0) is 23.6 Å². The molecule has 0 unspecified atom stereocenters. The van der Waals surface area contributed by atoms with E-state index in [1.165, 1.54) is 34.0 Å². The molecule has 3 heterocycles. The molecule has 0 atom stereocenters. The normalized spacial score (nSPS) is 11.8. The molecule has 0 aromatic carbocycles. The summed E-state index contributed by atoms with van der Waals surface area (Å²) in [5.74, 6) is -0.00269. The highest BCUT2D eigenvalue weighted by Gasteiger charge is 2.23. The van der Waals surface area contributed by atoms with E-state index in [2.05, 4.69) is 4.98 Å². The van der Waals surface area contributed by atoms with Gasteiger partial charge in [0.1, 0.15) is 9.09 Å². The van der Waals surface area contributed by atoms with E-state index in [4.69, 9.17) is 11.6 Å². The van der Waals surface area contributed by atoms with Gasteiger partial charge in [-0.3, -0.25) is 0 Å². The van der Waals surface area contributed by atoms with E-state index >= 15 is 0 Å². The van der Waals surface area contributed by atoms with E-state index in [0.29, 0.717) is 8.55 Å². The van der Waals surface area contributed by atoms with Gasteiger partial charge in [0.25, 0.3) is 5.01 Å². The Labute approximate surface area is 133 Å². The molecule has 0 saturated carbocycles. The quantitative estimate of drug-likeness (QED) is 0.704. The average molecular weight is 363 g/mol. The van der Waals surface area contributed by atoms with E-state index in [1.807, 2.05) is 17.5 Å². The number of hydrogen-bond acceptors (Lipinski definition) is 5. The fourth-order valence-electron chi connectivity index (χ4n) is 1.67. The maximum atomic E-state index is 12.2. The van der Waals surface area contributed by atoms with Crippen molar-refractivity contribution in [1.82, 2.24) is 0 Å². The van der Waals surface area contributed by atoms with Crippen molar-refractivity contribution in [3.05, 3.63) is 44.4 Å². The Balaban J connectivity index is 1.85. The molecule has 1 N–H and O–H groups in total. The number of nitrogens with one attached hydrogen (secondary N) is 1. The maximum absolute atomic E-state index is 12.2. The van der Waals surface area contributed by atoms with E-state index < -0.39 is 9.84 Å². The van der Waals surface area contributed by atoms with Gasteiger partial charge >= 0.3 is 0 Å². The Morgan fingerprint density at radius 1 is 1.20 bits per heavy atom. The zero-order valence-corrected chi connectivity index (χ0v) is 14.0. The molecule has 0 radical (unpaired) electrons. The van der Waals surface area contributed by atoms with E-state index in [1.54, 1.807) is 17.5 Å². The second kappa shape index (κ2) is 5.57. The standard InChI is InChI=1S/C12H8ClNO2S4/c13-10-4-3-9(19-10)8-6-18-11(14-8)7-20(15,16)12-2-1-5-17-12/h1-6H,7H2/p+1. The number of hydrogen-bond donors (Lipinski definition) is 0. The minimum Gasteiger partial charge on any atom is -0.222 e. The van der Waals surface area contributed by atoms with Crippen molar-refractivity contribution in [2.24, 2.45) is 0 Å². The van der Waals surface area contributed by atoms with Crippen LogP contribution >= 0.6 is 45.6 Å². The van der Waals surface area contributed by atoms with Crippen LogP contribution in [0.1, 0.15) is 5.01 Å². The lowest BCUT2D eigenvalue weighted by Crippen LogP contribution is -2.12. The van der Waals surface area contributed by atoms with Gasteiger partial charge in [0.2, 0.25) is 5.69 Å². The first-order valence-electron chi connectivity index (χ1n) is 5.56. The molecule has 8 heteroatoms. The lowest BCUT2D eigenvalue weighted by Gasteiger charge is -1.94. The van der Waals surface area contributed by atoms with Crippen LogP contribution in [-0.4, -0.2) is 8.42 Å². The highest BCUT2D eigenvalue weighted by atomic mass is 35.5. The third kappa shape index (κ3) is 2.96. The van der Waals surface area contributed by atoms with E-state index in [0.717, 1.165) is 15.6 Å². The molecule has 0 spiro atoms. The van der Waals surface area contributed by atoms with Crippen LogP contribution in [-0.2, 0) is 15.6 Å². The molecule has 3 aromatic heterocycles. The molecular formula is C12H9ClNO2S4+. The van der Waals surface area contributed by atoms with Crippen LogP contribution in [0, 0.1) is 0 Å². The molecule has 3 nitrogen and oxygen atoms in total. The van der Waals surface area contributed by atoms with Crippen LogP contribution in [0.4, 0.5) is 0 Å². The summed E-state index contributed by atoms with van der Waals surface area (Å²) < 4.78 is 25.5. The van der Waals surface area contributed by atoms with Crippen LogP contribution in [0.15, 0.2) is 39.2 Å². The van der Waals surface area contributed by atoms with Crippen LogP contribution < -0.4 is 4.98 Å². The van der Waals surface area contributed by atoms with Crippen LogP contribution in [0.3, 0.4) is 0 Å². The molecular weight excluding hydrogens is 354 g/mol. The minimum atomic E-state index is -3.26. The van der Waals surface area contributed by atoms with Crippen molar-refractivity contribution in [1.29, 1.82) is 0 Å². The number of sulfone groups is 1. The highest BCUT2D eigenvalue weighted by molar-refractivity contribution is 7.92. The molecule has 0 aliphatic heterocycles. The number of H-pyrrole nitrogens is 1. The van der Waals surface area contributed by atoms with Crippen molar-refractivity contribution in [3.63, 3.8) is 0 Å². The first kappa shape index (κ1) is 14.2. The highest BCUT2D eigenvalue weighted by Crippen LogP contribution is 2.30. The number of thiophene rings is 2. The molecule has 0 bridgehead atoms. The molecule has 3 rings (SSSR count). The van der Waals surface area contributed by atoms with Crippen molar-refractivity contribution in [2.45, 2.75) is 9.96 Å². The zero-order chi connectivity index (χ0) is 14.2. The summed E-state index contributed by atoms with van der Waals surface area (Å²) in [6.45, 7) is 0. The molecule has 0 fully saturated rings. The van der Waals surface area contributed by atoms with Crippen molar-refractivity contribution in [3.8, 4) is 10.6 Å². The second-order valence-electron chi connectivity index (χ2n) is 3.99. The lowest BCUT2D eigenvalue weighted by atomic mass is 10.4. The molecule has 20 heavy (non-hydrogen) atoms. The average Bonchev–Trinajstić information content (AvgIpc) is 3.07. The first-order chi connectivity index (χ1) is 9.54. The topological polar surface area (TPSA) is 48.3 Å². The smallest absolute Gasteiger partial charge is 0.222 e. The molecule has 3 aromatic rings. The third-order valence-corrected chi connectivity index (χ3v) is 8.02. The van der Waals surface area contributed by atoms with Gasteiger partial charge in [-0.1, -0.05) is 29.0 Å². The summed E-state index contributed by atoms with van der Waals surface area (Å²) in [6.07, 6.45) is 0. The summed E-state index contributed by atoms with van der Waals surface area (Å²) in [4.78, 5) is 4.16. The van der Waals surface area contributed by atoms with Crippen LogP contribution in [0.2, 0.25) is 4.34 Å². The lowest BCUT2D eigenvalue weighted by molar-refractivity contribution is -0.367. The van der Waals surface area contributed by atoms with Crippen LogP contribution in [0.5, 0.6) is 0 Å². The second-order valence-corrected chi connectivity index (χ2v) is 9.84. The fourth-order valence-corrected chi connectivity index (χ4v) is 6.34. The van der Waals surface area contributed by atoms with Gasteiger partial charge in [0, 0.05) is 0 Å². The number of halogens is 1. The summed E-state index contributed by atoms with van der Waals surface area (Å²) in [6, 6.07) is 7.13. The van der Waals surface area contributed by atoms with Crippen molar-refractivity contribution >= 4 is 55.4 Å². The van der Waals surface area contributed by atoms with E-state index in [-0.39, 0.29) is 5.75 Å². The number of rotatable bonds is 4. The molecule has 0 amide bonds. The molecule has 0 saturated heterocycles. The predicted molar refractivity (Wildman–Crippen MR) is 84.4 cm³/mol.